The van der Waals surface area contributed by atoms with Gasteiger partial charge in [0.15, 0.2) is 0 Å². The average Bonchev–Trinajstić information content (AvgIpc) is 2.64. The molecule has 3 heteroatoms. The Morgan fingerprint density at radius 1 is 1.28 bits per heavy atom. The monoisotopic (exact) mass is 251 g/mol. The van der Waals surface area contributed by atoms with Crippen LogP contribution in [-0.4, -0.2) is 22.9 Å². The van der Waals surface area contributed by atoms with Crippen molar-refractivity contribution in [3.8, 4) is 0 Å². The Bertz CT molecular complexity index is 338. The summed E-state index contributed by atoms with van der Waals surface area (Å²) in [6.07, 6.45) is 6.26. The highest BCUT2D eigenvalue weighted by atomic mass is 15.3. The van der Waals surface area contributed by atoms with E-state index in [1.807, 2.05) is 11.7 Å². The maximum absolute atomic E-state index is 4.44. The number of aromatic nitrogens is 2. The predicted octanol–water partition coefficient (Wildman–Crippen LogP) is 3.08. The molecule has 0 spiro atoms. The molecule has 0 saturated heterocycles. The van der Waals surface area contributed by atoms with E-state index in [1.165, 1.54) is 31.4 Å². The van der Waals surface area contributed by atoms with Gasteiger partial charge in [0.25, 0.3) is 0 Å². The Hall–Kier alpha value is -0.830. The quantitative estimate of drug-likeness (QED) is 0.769. The van der Waals surface area contributed by atoms with Crippen molar-refractivity contribution in [2.24, 2.45) is 13.0 Å². The van der Waals surface area contributed by atoms with E-state index >= 15 is 0 Å². The third-order valence-corrected chi connectivity index (χ3v) is 3.79. The zero-order chi connectivity index (χ0) is 13.5. The van der Waals surface area contributed by atoms with Crippen LogP contribution in [0.4, 0.5) is 0 Å². The molecular weight excluding hydrogens is 222 g/mol. The molecule has 1 heterocycles. The van der Waals surface area contributed by atoms with E-state index in [0.717, 1.165) is 18.0 Å². The van der Waals surface area contributed by atoms with Crippen molar-refractivity contribution >= 4 is 0 Å². The van der Waals surface area contributed by atoms with Gasteiger partial charge in [-0.15, -0.1) is 0 Å². The number of hydrogen-bond donors (Lipinski definition) is 1. The number of aryl methyl sites for hydroxylation is 2. The highest BCUT2D eigenvalue weighted by Crippen LogP contribution is 2.21. The van der Waals surface area contributed by atoms with E-state index in [1.54, 1.807) is 0 Å². The molecule has 104 valence electrons. The standard InChI is InChI=1S/C15H29N3/c1-6-8-13(9-7-2)15(16-4)11-14-10-12(3)17-18(14)5/h10,13,15-16H,6-9,11H2,1-5H3. The van der Waals surface area contributed by atoms with Crippen LogP contribution in [0.2, 0.25) is 0 Å². The molecule has 0 saturated carbocycles. The second kappa shape index (κ2) is 7.57. The number of rotatable bonds is 8. The second-order valence-electron chi connectivity index (χ2n) is 5.34. The first-order chi connectivity index (χ1) is 8.62. The zero-order valence-electron chi connectivity index (χ0n) is 12.7. The maximum Gasteiger partial charge on any atom is 0.0596 e. The highest BCUT2D eigenvalue weighted by Gasteiger charge is 2.20. The van der Waals surface area contributed by atoms with Crippen LogP contribution in [0.5, 0.6) is 0 Å². The maximum atomic E-state index is 4.44. The molecule has 0 aliphatic carbocycles. The first-order valence-corrected chi connectivity index (χ1v) is 7.29. The van der Waals surface area contributed by atoms with Crippen LogP contribution >= 0.6 is 0 Å². The van der Waals surface area contributed by atoms with Crippen LogP contribution in [0.1, 0.15) is 50.9 Å². The van der Waals surface area contributed by atoms with Crippen LogP contribution in [0.25, 0.3) is 0 Å². The van der Waals surface area contributed by atoms with E-state index in [-0.39, 0.29) is 0 Å². The third-order valence-electron chi connectivity index (χ3n) is 3.79. The van der Waals surface area contributed by atoms with Gasteiger partial charge in [0.1, 0.15) is 0 Å². The topological polar surface area (TPSA) is 29.9 Å². The van der Waals surface area contributed by atoms with Crippen molar-refractivity contribution in [1.29, 1.82) is 0 Å². The van der Waals surface area contributed by atoms with Gasteiger partial charge in [-0.3, -0.25) is 4.68 Å². The summed E-state index contributed by atoms with van der Waals surface area (Å²) >= 11 is 0. The fraction of sp³-hybridized carbons (Fsp3) is 0.800. The van der Waals surface area contributed by atoms with Gasteiger partial charge in [-0.2, -0.15) is 5.10 Å². The summed E-state index contributed by atoms with van der Waals surface area (Å²) in [6, 6.07) is 2.78. The zero-order valence-corrected chi connectivity index (χ0v) is 12.7. The van der Waals surface area contributed by atoms with Gasteiger partial charge in [0.2, 0.25) is 0 Å². The fourth-order valence-corrected chi connectivity index (χ4v) is 2.87. The normalized spacial score (nSPS) is 13.2. The van der Waals surface area contributed by atoms with E-state index < -0.39 is 0 Å². The molecule has 1 rings (SSSR count). The molecule has 0 aliphatic heterocycles. The van der Waals surface area contributed by atoms with Crippen LogP contribution < -0.4 is 5.32 Å². The summed E-state index contributed by atoms with van der Waals surface area (Å²) in [7, 11) is 4.13. The largest absolute Gasteiger partial charge is 0.316 e. The Balaban J connectivity index is 2.72. The molecule has 0 fully saturated rings. The molecule has 1 atom stereocenters. The highest BCUT2D eigenvalue weighted by molar-refractivity contribution is 5.10. The van der Waals surface area contributed by atoms with Crippen LogP contribution in [-0.2, 0) is 13.5 Å². The van der Waals surface area contributed by atoms with E-state index in [2.05, 4.69) is 44.3 Å². The van der Waals surface area contributed by atoms with Crippen molar-refractivity contribution in [1.82, 2.24) is 15.1 Å². The second-order valence-corrected chi connectivity index (χ2v) is 5.34. The van der Waals surface area contributed by atoms with Crippen molar-refractivity contribution in [3.05, 3.63) is 17.5 Å². The lowest BCUT2D eigenvalue weighted by molar-refractivity contribution is 0.319. The van der Waals surface area contributed by atoms with Crippen molar-refractivity contribution in [3.63, 3.8) is 0 Å². The smallest absolute Gasteiger partial charge is 0.0596 e. The molecule has 1 aromatic heterocycles. The van der Waals surface area contributed by atoms with Crippen LogP contribution in [0.15, 0.2) is 6.07 Å². The van der Waals surface area contributed by atoms with Gasteiger partial charge in [-0.05, 0) is 38.8 Å². The molecule has 1 N–H and O–H groups in total. The van der Waals surface area contributed by atoms with Gasteiger partial charge < -0.3 is 5.32 Å². The Labute approximate surface area is 112 Å². The van der Waals surface area contributed by atoms with Crippen LogP contribution in [0.3, 0.4) is 0 Å². The Morgan fingerprint density at radius 3 is 2.28 bits per heavy atom. The van der Waals surface area contributed by atoms with E-state index in [9.17, 15) is 0 Å². The number of likely N-dealkylation sites (N-methyl/N-ethyl adjacent to an activating group) is 1. The third kappa shape index (κ3) is 4.13. The number of nitrogens with one attached hydrogen (secondary N) is 1. The van der Waals surface area contributed by atoms with Crippen molar-refractivity contribution < 1.29 is 0 Å². The Kier molecular flexibility index (Phi) is 6.41. The lowest BCUT2D eigenvalue weighted by Gasteiger charge is -2.26. The van der Waals surface area contributed by atoms with Gasteiger partial charge >= 0.3 is 0 Å². The summed E-state index contributed by atoms with van der Waals surface area (Å²) in [4.78, 5) is 0. The molecule has 0 aliphatic rings. The molecule has 3 nitrogen and oxygen atoms in total. The molecule has 0 aromatic carbocycles. The minimum atomic E-state index is 0.569. The van der Waals surface area contributed by atoms with Crippen molar-refractivity contribution in [2.45, 2.75) is 58.9 Å². The van der Waals surface area contributed by atoms with Crippen LogP contribution in [0, 0.1) is 12.8 Å². The molecule has 0 radical (unpaired) electrons. The van der Waals surface area contributed by atoms with Crippen molar-refractivity contribution in [2.75, 3.05) is 7.05 Å². The number of nitrogens with zero attached hydrogens (tertiary/aromatic N) is 2. The summed E-state index contributed by atoms with van der Waals surface area (Å²) in [5.41, 5.74) is 2.45. The minimum absolute atomic E-state index is 0.569. The lowest BCUT2D eigenvalue weighted by atomic mass is 9.88. The van der Waals surface area contributed by atoms with E-state index in [4.69, 9.17) is 0 Å². The number of hydrogen-bond acceptors (Lipinski definition) is 2. The predicted molar refractivity (Wildman–Crippen MR) is 77.8 cm³/mol. The molecule has 18 heavy (non-hydrogen) atoms. The van der Waals surface area contributed by atoms with Gasteiger partial charge in [0, 0.05) is 25.2 Å². The molecule has 1 unspecified atom stereocenters. The minimum Gasteiger partial charge on any atom is -0.316 e. The first-order valence-electron chi connectivity index (χ1n) is 7.29. The SMILES string of the molecule is CCCC(CCC)C(Cc1cc(C)nn1C)NC. The van der Waals surface area contributed by atoms with Gasteiger partial charge in [0.05, 0.1) is 5.69 Å². The average molecular weight is 251 g/mol. The summed E-state index contributed by atoms with van der Waals surface area (Å²) in [5.74, 6) is 0.778. The molecular formula is C15H29N3. The van der Waals surface area contributed by atoms with E-state index in [0.29, 0.717) is 6.04 Å². The Morgan fingerprint density at radius 2 is 1.89 bits per heavy atom. The lowest BCUT2D eigenvalue weighted by Crippen LogP contribution is -2.36. The van der Waals surface area contributed by atoms with Gasteiger partial charge in [-0.1, -0.05) is 26.7 Å². The van der Waals surface area contributed by atoms with Gasteiger partial charge in [-0.25, -0.2) is 0 Å². The first kappa shape index (κ1) is 15.2. The molecule has 1 aromatic rings. The summed E-state index contributed by atoms with van der Waals surface area (Å²) in [5, 5.41) is 7.95. The summed E-state index contributed by atoms with van der Waals surface area (Å²) in [6.45, 7) is 6.63. The summed E-state index contributed by atoms with van der Waals surface area (Å²) < 4.78 is 2.02. The molecule has 0 amide bonds. The fourth-order valence-electron chi connectivity index (χ4n) is 2.87. The molecule has 0 bridgehead atoms.